The normalized spacial score (nSPS) is 8.70. The van der Waals surface area contributed by atoms with E-state index in [9.17, 15) is 0 Å². The molecular weight excluding hydrogens is 119 g/mol. The number of aryl methyl sites for hydroxylation is 1. The number of hydrogen-bond acceptors (Lipinski definition) is 1. The van der Waals surface area contributed by atoms with Gasteiger partial charge < -0.3 is 10.5 Å². The van der Waals surface area contributed by atoms with Crippen LogP contribution in [0.15, 0.2) is 12.4 Å². The zero-order valence-corrected chi connectivity index (χ0v) is 7.05. The largest absolute Gasteiger partial charge is 1.00 e. The Hall–Kier alpha value is -0.323. The van der Waals surface area contributed by atoms with E-state index in [4.69, 9.17) is 0 Å². The SMILES string of the molecule is C[C-](C)c1nccn1C.[Li+]. The van der Waals surface area contributed by atoms with Crippen molar-refractivity contribution in [2.75, 3.05) is 0 Å². The van der Waals surface area contributed by atoms with Gasteiger partial charge in [-0.05, 0) is 5.82 Å². The van der Waals surface area contributed by atoms with Gasteiger partial charge in [-0.1, -0.05) is 0 Å². The quantitative estimate of drug-likeness (QED) is 0.330. The van der Waals surface area contributed by atoms with Crippen LogP contribution in [0, 0.1) is 5.92 Å². The Kier molecular flexibility index (Phi) is 3.63. The molecule has 0 fully saturated rings. The Morgan fingerprint density at radius 2 is 2.10 bits per heavy atom. The molecule has 10 heavy (non-hydrogen) atoms. The van der Waals surface area contributed by atoms with E-state index in [1.807, 2.05) is 24.0 Å². The molecule has 0 aliphatic heterocycles. The molecule has 1 rings (SSSR count). The molecule has 1 heterocycles. The van der Waals surface area contributed by atoms with Crippen LogP contribution in [0.25, 0.3) is 0 Å². The molecule has 0 radical (unpaired) electrons. The summed E-state index contributed by atoms with van der Waals surface area (Å²) in [6, 6.07) is 0. The fourth-order valence-corrected chi connectivity index (χ4v) is 0.847. The molecular formula is C7H11LiN2. The predicted molar refractivity (Wildman–Crippen MR) is 36.9 cm³/mol. The topological polar surface area (TPSA) is 17.8 Å². The molecule has 0 atom stereocenters. The number of rotatable bonds is 1. The van der Waals surface area contributed by atoms with Gasteiger partial charge in [0.05, 0.1) is 0 Å². The van der Waals surface area contributed by atoms with Gasteiger partial charge in [-0.15, -0.1) is 0 Å². The summed E-state index contributed by atoms with van der Waals surface area (Å²) in [7, 11) is 2.00. The molecule has 1 aromatic rings. The van der Waals surface area contributed by atoms with Gasteiger partial charge in [0.1, 0.15) is 0 Å². The first kappa shape index (κ1) is 9.68. The fourth-order valence-electron chi connectivity index (χ4n) is 0.847. The second-order valence-corrected chi connectivity index (χ2v) is 2.36. The third-order valence-corrected chi connectivity index (χ3v) is 1.27. The molecule has 0 spiro atoms. The maximum Gasteiger partial charge on any atom is 1.00 e. The molecule has 1 aromatic heterocycles. The maximum absolute atomic E-state index is 4.14. The van der Waals surface area contributed by atoms with Gasteiger partial charge in [-0.2, -0.15) is 13.8 Å². The molecule has 0 bridgehead atoms. The molecule has 0 amide bonds. The second kappa shape index (κ2) is 3.75. The van der Waals surface area contributed by atoms with E-state index in [0.29, 0.717) is 0 Å². The molecule has 0 aliphatic rings. The van der Waals surface area contributed by atoms with Gasteiger partial charge in [0.2, 0.25) is 0 Å². The zero-order chi connectivity index (χ0) is 6.85. The van der Waals surface area contributed by atoms with Crippen LogP contribution in [0.2, 0.25) is 0 Å². The summed E-state index contributed by atoms with van der Waals surface area (Å²) >= 11 is 0. The van der Waals surface area contributed by atoms with Crippen LogP contribution in [-0.4, -0.2) is 9.55 Å². The van der Waals surface area contributed by atoms with Gasteiger partial charge in [-0.3, -0.25) is 4.98 Å². The average Bonchev–Trinajstić information content (AvgIpc) is 2.13. The minimum absolute atomic E-state index is 0. The summed E-state index contributed by atoms with van der Waals surface area (Å²) in [5.41, 5.74) is 0. The van der Waals surface area contributed by atoms with Gasteiger partial charge in [0, 0.05) is 19.4 Å². The molecule has 0 N–H and O–H groups in total. The molecule has 0 saturated heterocycles. The van der Waals surface area contributed by atoms with Crippen molar-refractivity contribution >= 4 is 0 Å². The van der Waals surface area contributed by atoms with Crippen molar-refractivity contribution in [2.24, 2.45) is 7.05 Å². The van der Waals surface area contributed by atoms with Crippen LogP contribution in [0.5, 0.6) is 0 Å². The predicted octanol–water partition coefficient (Wildman–Crippen LogP) is -1.61. The monoisotopic (exact) mass is 130 g/mol. The Labute approximate surface area is 73.8 Å². The average molecular weight is 130 g/mol. The van der Waals surface area contributed by atoms with Crippen LogP contribution in [0.3, 0.4) is 0 Å². The van der Waals surface area contributed by atoms with Crippen molar-refractivity contribution in [1.29, 1.82) is 0 Å². The molecule has 2 nitrogen and oxygen atoms in total. The molecule has 3 heteroatoms. The van der Waals surface area contributed by atoms with Crippen molar-refractivity contribution in [1.82, 2.24) is 9.55 Å². The van der Waals surface area contributed by atoms with Crippen molar-refractivity contribution < 1.29 is 18.9 Å². The van der Waals surface area contributed by atoms with Gasteiger partial charge >= 0.3 is 18.9 Å². The van der Waals surface area contributed by atoms with Crippen molar-refractivity contribution in [3.05, 3.63) is 24.1 Å². The minimum atomic E-state index is 0. The number of aromatic nitrogens is 2. The van der Waals surface area contributed by atoms with Crippen molar-refractivity contribution in [3.8, 4) is 0 Å². The van der Waals surface area contributed by atoms with Crippen molar-refractivity contribution in [3.63, 3.8) is 0 Å². The molecule has 0 aromatic carbocycles. The van der Waals surface area contributed by atoms with Crippen LogP contribution in [0.1, 0.15) is 19.7 Å². The Balaban J connectivity index is 0.000000810. The van der Waals surface area contributed by atoms with Gasteiger partial charge in [-0.25, -0.2) is 0 Å². The van der Waals surface area contributed by atoms with Crippen LogP contribution in [0.4, 0.5) is 0 Å². The number of hydrogen-bond donors (Lipinski definition) is 0. The third-order valence-electron chi connectivity index (χ3n) is 1.27. The summed E-state index contributed by atoms with van der Waals surface area (Å²) in [4.78, 5) is 4.14. The smallest absolute Gasteiger partial charge is 0.364 e. The van der Waals surface area contributed by atoms with Crippen molar-refractivity contribution in [2.45, 2.75) is 13.8 Å². The minimum Gasteiger partial charge on any atom is -0.364 e. The van der Waals surface area contributed by atoms with Crippen LogP contribution < -0.4 is 18.9 Å². The Morgan fingerprint density at radius 1 is 1.50 bits per heavy atom. The van der Waals surface area contributed by atoms with Gasteiger partial charge in [0.25, 0.3) is 0 Å². The van der Waals surface area contributed by atoms with Gasteiger partial charge in [0.15, 0.2) is 0 Å². The van der Waals surface area contributed by atoms with E-state index in [1.54, 1.807) is 0 Å². The fraction of sp³-hybridized carbons (Fsp3) is 0.429. The Bertz CT molecular complexity index is 193. The first-order valence-corrected chi connectivity index (χ1v) is 2.99. The first-order chi connectivity index (χ1) is 4.22. The van der Waals surface area contributed by atoms with E-state index in [0.717, 1.165) is 5.82 Å². The second-order valence-electron chi connectivity index (χ2n) is 2.36. The van der Waals surface area contributed by atoms with Crippen LogP contribution >= 0.6 is 0 Å². The molecule has 0 saturated carbocycles. The first-order valence-electron chi connectivity index (χ1n) is 2.99. The zero-order valence-electron chi connectivity index (χ0n) is 7.05. The summed E-state index contributed by atoms with van der Waals surface area (Å²) in [6.07, 6.45) is 3.75. The number of imidazole rings is 1. The van der Waals surface area contributed by atoms with E-state index < -0.39 is 0 Å². The summed E-state index contributed by atoms with van der Waals surface area (Å²) in [5, 5.41) is 0. The van der Waals surface area contributed by atoms with E-state index in [1.165, 1.54) is 5.92 Å². The van der Waals surface area contributed by atoms with Crippen LogP contribution in [-0.2, 0) is 7.05 Å². The number of nitrogens with zero attached hydrogens (tertiary/aromatic N) is 2. The summed E-state index contributed by atoms with van der Waals surface area (Å²) in [6.45, 7) is 4.12. The Morgan fingerprint density at radius 3 is 2.30 bits per heavy atom. The summed E-state index contributed by atoms with van der Waals surface area (Å²) < 4.78 is 2.01. The van der Waals surface area contributed by atoms with E-state index in [2.05, 4.69) is 18.8 Å². The standard InChI is InChI=1S/C7H11N2.Li/c1-6(2)7-8-4-5-9(7)3;/h4-5H,1-3H3;/q-1;+1. The molecule has 0 unspecified atom stereocenters. The third kappa shape index (κ3) is 1.83. The molecule has 50 valence electrons. The van der Waals surface area contributed by atoms with E-state index >= 15 is 0 Å². The summed E-state index contributed by atoms with van der Waals surface area (Å²) in [5.74, 6) is 2.32. The molecule has 0 aliphatic carbocycles. The maximum atomic E-state index is 4.14. The van der Waals surface area contributed by atoms with E-state index in [-0.39, 0.29) is 18.9 Å².